The van der Waals surface area contributed by atoms with Crippen molar-refractivity contribution in [1.82, 2.24) is 24.8 Å². The van der Waals surface area contributed by atoms with Crippen LogP contribution in [0.4, 0.5) is 5.95 Å². The molecular weight excluding hydrogens is 408 g/mol. The minimum absolute atomic E-state index is 0.0127. The second-order valence-corrected chi connectivity index (χ2v) is 7.81. The van der Waals surface area contributed by atoms with Gasteiger partial charge in [-0.2, -0.15) is 0 Å². The zero-order valence-electron chi connectivity index (χ0n) is 18.6. The summed E-state index contributed by atoms with van der Waals surface area (Å²) < 4.78 is 10.8. The first-order chi connectivity index (χ1) is 15.5. The predicted octanol–water partition coefficient (Wildman–Crippen LogP) is 2.52. The highest BCUT2D eigenvalue weighted by Crippen LogP contribution is 2.36. The summed E-state index contributed by atoms with van der Waals surface area (Å²) in [7, 11) is 5.26. The maximum absolute atomic E-state index is 13.1. The molecule has 4 rings (SSSR count). The Balaban J connectivity index is 1.67. The van der Waals surface area contributed by atoms with Gasteiger partial charge in [-0.1, -0.05) is 6.07 Å². The second-order valence-electron chi connectivity index (χ2n) is 7.81. The van der Waals surface area contributed by atoms with E-state index in [-0.39, 0.29) is 11.9 Å². The number of H-pyrrole nitrogens is 1. The Morgan fingerprint density at radius 3 is 2.66 bits per heavy atom. The van der Waals surface area contributed by atoms with Crippen LogP contribution in [-0.2, 0) is 0 Å². The summed E-state index contributed by atoms with van der Waals surface area (Å²) in [5.74, 6) is 1.38. The SMILES string of the molecule is COc1ccc(-c2cnc(N)nc2-c2c[nH]c(C(=O)N3CCCN(C)CC3)c2)cc1OC. The number of carbonyl (C=O) groups excluding carboxylic acids is 1. The number of rotatable bonds is 5. The number of nitrogen functional groups attached to an aromatic ring is 1. The normalized spacial score (nSPS) is 14.8. The predicted molar refractivity (Wildman–Crippen MR) is 123 cm³/mol. The number of anilines is 1. The van der Waals surface area contributed by atoms with E-state index in [9.17, 15) is 4.79 Å². The number of ether oxygens (including phenoxy) is 2. The summed E-state index contributed by atoms with van der Waals surface area (Å²) >= 11 is 0. The van der Waals surface area contributed by atoms with Crippen molar-refractivity contribution in [1.29, 1.82) is 0 Å². The van der Waals surface area contributed by atoms with Gasteiger partial charge in [-0.25, -0.2) is 9.97 Å². The molecule has 0 bridgehead atoms. The van der Waals surface area contributed by atoms with Crippen molar-refractivity contribution < 1.29 is 14.3 Å². The average molecular weight is 437 g/mol. The third kappa shape index (κ3) is 4.38. The highest BCUT2D eigenvalue weighted by atomic mass is 16.5. The summed E-state index contributed by atoms with van der Waals surface area (Å²) in [6.45, 7) is 3.32. The smallest absolute Gasteiger partial charge is 0.270 e. The van der Waals surface area contributed by atoms with Gasteiger partial charge in [0.2, 0.25) is 5.95 Å². The molecule has 0 radical (unpaired) electrons. The Hall–Kier alpha value is -3.59. The maximum Gasteiger partial charge on any atom is 0.270 e. The van der Waals surface area contributed by atoms with E-state index in [1.165, 1.54) is 0 Å². The Kier molecular flexibility index (Phi) is 6.27. The minimum Gasteiger partial charge on any atom is -0.493 e. The van der Waals surface area contributed by atoms with E-state index >= 15 is 0 Å². The van der Waals surface area contributed by atoms with E-state index in [1.54, 1.807) is 26.6 Å². The summed E-state index contributed by atoms with van der Waals surface area (Å²) in [5.41, 5.74) is 9.45. The average Bonchev–Trinajstić information content (AvgIpc) is 3.20. The number of aromatic amines is 1. The van der Waals surface area contributed by atoms with Gasteiger partial charge in [0.05, 0.1) is 19.9 Å². The van der Waals surface area contributed by atoms with Crippen LogP contribution in [0.2, 0.25) is 0 Å². The molecule has 3 aromatic rings. The highest BCUT2D eigenvalue weighted by Gasteiger charge is 2.22. The van der Waals surface area contributed by atoms with Gasteiger partial charge in [0.15, 0.2) is 11.5 Å². The topological polar surface area (TPSA) is 110 Å². The number of nitrogens with one attached hydrogen (secondary N) is 1. The van der Waals surface area contributed by atoms with E-state index < -0.39 is 0 Å². The standard InChI is InChI=1S/C23H28N6O3/c1-28-7-4-8-29(10-9-28)22(30)18-11-16(13-25-18)21-17(14-26-23(24)27-21)15-5-6-19(31-2)20(12-15)32-3/h5-6,11-14,25H,4,7-10H2,1-3H3,(H2,24,26,27). The van der Waals surface area contributed by atoms with Crippen molar-refractivity contribution in [2.75, 3.05) is 53.2 Å². The third-order valence-electron chi connectivity index (χ3n) is 5.70. The molecule has 0 atom stereocenters. The molecule has 3 heterocycles. The Bertz CT molecular complexity index is 1110. The fourth-order valence-electron chi connectivity index (χ4n) is 3.91. The lowest BCUT2D eigenvalue weighted by molar-refractivity contribution is 0.0757. The molecule has 2 aromatic heterocycles. The lowest BCUT2D eigenvalue weighted by Crippen LogP contribution is -2.34. The van der Waals surface area contributed by atoms with E-state index in [0.29, 0.717) is 29.4 Å². The fraction of sp³-hybridized carbons (Fsp3) is 0.348. The molecular formula is C23H28N6O3. The number of nitrogens with two attached hydrogens (primary N) is 1. The van der Waals surface area contributed by atoms with Crippen molar-refractivity contribution >= 4 is 11.9 Å². The molecule has 9 heteroatoms. The van der Waals surface area contributed by atoms with Crippen LogP contribution in [0.25, 0.3) is 22.4 Å². The van der Waals surface area contributed by atoms with E-state index in [1.807, 2.05) is 29.2 Å². The van der Waals surface area contributed by atoms with Crippen molar-refractivity contribution in [2.24, 2.45) is 0 Å². The van der Waals surface area contributed by atoms with Crippen molar-refractivity contribution in [3.8, 4) is 33.9 Å². The lowest BCUT2D eigenvalue weighted by Gasteiger charge is -2.19. The number of methoxy groups -OCH3 is 2. The Morgan fingerprint density at radius 1 is 1.06 bits per heavy atom. The first kappa shape index (κ1) is 21.6. The number of aromatic nitrogens is 3. The van der Waals surface area contributed by atoms with E-state index in [0.717, 1.165) is 42.7 Å². The van der Waals surface area contributed by atoms with Crippen LogP contribution in [-0.4, -0.2) is 78.1 Å². The van der Waals surface area contributed by atoms with Crippen LogP contribution in [0.15, 0.2) is 36.7 Å². The van der Waals surface area contributed by atoms with Crippen molar-refractivity contribution in [3.63, 3.8) is 0 Å². The van der Waals surface area contributed by atoms with Gasteiger partial charge < -0.3 is 30.0 Å². The molecule has 1 saturated heterocycles. The van der Waals surface area contributed by atoms with Crippen LogP contribution < -0.4 is 15.2 Å². The quantitative estimate of drug-likeness (QED) is 0.632. The second kappa shape index (κ2) is 9.27. The van der Waals surface area contributed by atoms with Gasteiger partial charge in [0.1, 0.15) is 5.69 Å². The molecule has 32 heavy (non-hydrogen) atoms. The summed E-state index contributed by atoms with van der Waals surface area (Å²) in [6, 6.07) is 7.43. The Morgan fingerprint density at radius 2 is 1.88 bits per heavy atom. The van der Waals surface area contributed by atoms with Gasteiger partial charge in [-0.15, -0.1) is 0 Å². The van der Waals surface area contributed by atoms with Crippen LogP contribution >= 0.6 is 0 Å². The van der Waals surface area contributed by atoms with E-state index in [2.05, 4.69) is 26.9 Å². The molecule has 1 amide bonds. The van der Waals surface area contributed by atoms with Crippen molar-refractivity contribution in [2.45, 2.75) is 6.42 Å². The van der Waals surface area contributed by atoms with Gasteiger partial charge in [0, 0.05) is 43.2 Å². The first-order valence-corrected chi connectivity index (χ1v) is 10.5. The number of nitrogens with zero attached hydrogens (tertiary/aromatic N) is 4. The molecule has 0 spiro atoms. The molecule has 3 N–H and O–H groups in total. The van der Waals surface area contributed by atoms with Crippen LogP contribution in [0.1, 0.15) is 16.9 Å². The van der Waals surface area contributed by atoms with Crippen LogP contribution in [0, 0.1) is 0 Å². The highest BCUT2D eigenvalue weighted by molar-refractivity contribution is 5.94. The molecule has 168 valence electrons. The van der Waals surface area contributed by atoms with Crippen LogP contribution in [0.5, 0.6) is 11.5 Å². The summed E-state index contributed by atoms with van der Waals surface area (Å²) in [4.78, 5) is 29.0. The monoisotopic (exact) mass is 436 g/mol. The van der Waals surface area contributed by atoms with E-state index in [4.69, 9.17) is 15.2 Å². The van der Waals surface area contributed by atoms with Gasteiger partial charge >= 0.3 is 0 Å². The third-order valence-corrected chi connectivity index (χ3v) is 5.70. The number of amides is 1. The zero-order chi connectivity index (χ0) is 22.7. The van der Waals surface area contributed by atoms with Gasteiger partial charge in [-0.3, -0.25) is 4.79 Å². The van der Waals surface area contributed by atoms with Gasteiger partial charge in [0.25, 0.3) is 5.91 Å². The zero-order valence-corrected chi connectivity index (χ0v) is 18.6. The molecule has 1 aliphatic rings. The maximum atomic E-state index is 13.1. The first-order valence-electron chi connectivity index (χ1n) is 10.5. The minimum atomic E-state index is -0.0127. The summed E-state index contributed by atoms with van der Waals surface area (Å²) in [6.07, 6.45) is 4.42. The van der Waals surface area contributed by atoms with Crippen molar-refractivity contribution in [3.05, 3.63) is 42.4 Å². The number of carbonyl (C=O) groups is 1. The van der Waals surface area contributed by atoms with Gasteiger partial charge in [-0.05, 0) is 43.8 Å². The molecule has 1 fully saturated rings. The molecule has 0 saturated carbocycles. The van der Waals surface area contributed by atoms with Crippen LogP contribution in [0.3, 0.4) is 0 Å². The lowest BCUT2D eigenvalue weighted by atomic mass is 10.0. The molecule has 0 unspecified atom stereocenters. The number of likely N-dealkylation sites (N-methyl/N-ethyl adjacent to an activating group) is 1. The molecule has 9 nitrogen and oxygen atoms in total. The largest absolute Gasteiger partial charge is 0.493 e. The Labute approximate surface area is 187 Å². The molecule has 0 aliphatic carbocycles. The number of hydrogen-bond donors (Lipinski definition) is 2. The summed E-state index contributed by atoms with van der Waals surface area (Å²) in [5, 5.41) is 0. The number of hydrogen-bond acceptors (Lipinski definition) is 7. The fourth-order valence-corrected chi connectivity index (χ4v) is 3.91. The molecule has 1 aliphatic heterocycles. The number of benzene rings is 1. The molecule has 1 aromatic carbocycles.